The molecule has 0 aliphatic heterocycles. The number of aliphatic imine (C=N–C) groups is 1. The number of guanidine groups is 1. The highest BCUT2D eigenvalue weighted by molar-refractivity contribution is 7.99. The smallest absolute Gasteiger partial charge is 0.191 e. The van der Waals surface area contributed by atoms with E-state index in [1.165, 1.54) is 0 Å². The van der Waals surface area contributed by atoms with Crippen LogP contribution in [0.5, 0.6) is 11.5 Å². The van der Waals surface area contributed by atoms with Crippen molar-refractivity contribution in [1.82, 2.24) is 10.6 Å². The quantitative estimate of drug-likeness (QED) is 0.591. The Bertz CT molecular complexity index is 533. The van der Waals surface area contributed by atoms with Gasteiger partial charge in [-0.15, -0.1) is 0 Å². The van der Waals surface area contributed by atoms with Gasteiger partial charge in [0.2, 0.25) is 0 Å². The molecular weight excluding hydrogens is 310 g/mol. The Hall–Kier alpha value is -1.56. The van der Waals surface area contributed by atoms with Crippen molar-refractivity contribution in [3.05, 3.63) is 23.8 Å². The number of ether oxygens (including phenoxy) is 2. The summed E-state index contributed by atoms with van der Waals surface area (Å²) in [6, 6.07) is 5.82. The first-order valence-corrected chi connectivity index (χ1v) is 8.83. The largest absolute Gasteiger partial charge is 0.497 e. The van der Waals surface area contributed by atoms with Gasteiger partial charge in [-0.1, -0.05) is 0 Å². The summed E-state index contributed by atoms with van der Waals surface area (Å²) in [7, 11) is 5.11. The van der Waals surface area contributed by atoms with Gasteiger partial charge < -0.3 is 20.1 Å². The van der Waals surface area contributed by atoms with E-state index in [-0.39, 0.29) is 10.8 Å². The van der Waals surface area contributed by atoms with Gasteiger partial charge in [-0.3, -0.25) is 4.99 Å². The Labute approximate surface area is 144 Å². The molecule has 1 aromatic rings. The molecule has 0 fully saturated rings. The minimum absolute atomic E-state index is 0.0311. The first-order chi connectivity index (χ1) is 10.9. The van der Waals surface area contributed by atoms with Crippen LogP contribution in [-0.4, -0.2) is 44.8 Å². The highest BCUT2D eigenvalue weighted by atomic mass is 32.2. The molecule has 0 aliphatic rings. The Kier molecular flexibility index (Phi) is 7.55. The Morgan fingerprint density at radius 2 is 2.00 bits per heavy atom. The summed E-state index contributed by atoms with van der Waals surface area (Å²) >= 11 is 1.82. The van der Waals surface area contributed by atoms with E-state index in [0.717, 1.165) is 29.6 Å². The molecule has 0 aromatic heterocycles. The van der Waals surface area contributed by atoms with E-state index in [2.05, 4.69) is 42.7 Å². The first-order valence-electron chi connectivity index (χ1n) is 7.61. The maximum absolute atomic E-state index is 5.45. The van der Waals surface area contributed by atoms with Crippen LogP contribution in [0.15, 0.2) is 23.2 Å². The SMILES string of the molecule is CN=C(NCC(C)(C)SC)NC(C)c1cc(OC)ccc1OC. The fourth-order valence-electron chi connectivity index (χ4n) is 2.02. The monoisotopic (exact) mass is 339 g/mol. The standard InChI is InChI=1S/C17H29N3O2S/c1-12(14-10-13(21-5)8-9-15(14)22-6)20-16(18-4)19-11-17(2,3)23-7/h8-10,12H,11H2,1-7H3,(H2,18,19,20). The highest BCUT2D eigenvalue weighted by Gasteiger charge is 2.18. The second-order valence-corrected chi connectivity index (χ2v) is 7.38. The topological polar surface area (TPSA) is 54.9 Å². The molecule has 0 radical (unpaired) electrons. The molecule has 0 spiro atoms. The third-order valence-corrected chi connectivity index (χ3v) is 4.96. The highest BCUT2D eigenvalue weighted by Crippen LogP contribution is 2.29. The van der Waals surface area contributed by atoms with Crippen LogP contribution in [0.4, 0.5) is 0 Å². The molecule has 0 saturated carbocycles. The molecule has 0 amide bonds. The molecule has 1 atom stereocenters. The van der Waals surface area contributed by atoms with Crippen LogP contribution in [0.3, 0.4) is 0 Å². The van der Waals surface area contributed by atoms with Crippen LogP contribution in [-0.2, 0) is 0 Å². The molecule has 5 nitrogen and oxygen atoms in total. The molecule has 2 N–H and O–H groups in total. The molecule has 1 unspecified atom stereocenters. The first kappa shape index (κ1) is 19.5. The minimum atomic E-state index is 0.0311. The molecule has 23 heavy (non-hydrogen) atoms. The number of rotatable bonds is 7. The van der Waals surface area contributed by atoms with Gasteiger partial charge in [-0.25, -0.2) is 0 Å². The van der Waals surface area contributed by atoms with Crippen molar-refractivity contribution >= 4 is 17.7 Å². The summed E-state index contributed by atoms with van der Waals surface area (Å²) in [6.07, 6.45) is 2.11. The van der Waals surface area contributed by atoms with Gasteiger partial charge in [0.1, 0.15) is 11.5 Å². The lowest BCUT2D eigenvalue weighted by Crippen LogP contribution is -2.44. The van der Waals surface area contributed by atoms with E-state index < -0.39 is 0 Å². The zero-order valence-corrected chi connectivity index (χ0v) is 16.0. The molecular formula is C17H29N3O2S. The molecule has 0 aliphatic carbocycles. The molecule has 1 aromatic carbocycles. The summed E-state index contributed by atoms with van der Waals surface area (Å²) in [5.74, 6) is 2.40. The third-order valence-electron chi connectivity index (χ3n) is 3.71. The molecule has 0 saturated heterocycles. The van der Waals surface area contributed by atoms with Crippen molar-refractivity contribution < 1.29 is 9.47 Å². The van der Waals surface area contributed by atoms with E-state index in [0.29, 0.717) is 0 Å². The second-order valence-electron chi connectivity index (χ2n) is 5.86. The number of hydrogen-bond donors (Lipinski definition) is 2. The molecule has 1 rings (SSSR count). The van der Waals surface area contributed by atoms with E-state index in [1.54, 1.807) is 21.3 Å². The summed E-state index contributed by atoms with van der Waals surface area (Å²) in [5, 5.41) is 6.77. The molecule has 6 heteroatoms. The predicted molar refractivity (Wildman–Crippen MR) is 100 cm³/mol. The van der Waals surface area contributed by atoms with Crippen molar-refractivity contribution in [3.8, 4) is 11.5 Å². The molecule has 0 heterocycles. The number of benzene rings is 1. The normalized spacial score (nSPS) is 13.4. The fourth-order valence-corrected chi connectivity index (χ4v) is 2.24. The van der Waals surface area contributed by atoms with Crippen molar-refractivity contribution in [2.24, 2.45) is 4.99 Å². The summed E-state index contributed by atoms with van der Waals surface area (Å²) in [4.78, 5) is 4.30. The Morgan fingerprint density at radius 1 is 1.30 bits per heavy atom. The van der Waals surface area contributed by atoms with Gasteiger partial charge in [-0.05, 0) is 45.2 Å². The average molecular weight is 340 g/mol. The molecule has 130 valence electrons. The maximum Gasteiger partial charge on any atom is 0.191 e. The van der Waals surface area contributed by atoms with E-state index in [1.807, 2.05) is 30.0 Å². The van der Waals surface area contributed by atoms with Gasteiger partial charge in [0, 0.05) is 23.9 Å². The number of hydrogen-bond acceptors (Lipinski definition) is 4. The fraction of sp³-hybridized carbons (Fsp3) is 0.588. The number of methoxy groups -OCH3 is 2. The lowest BCUT2D eigenvalue weighted by Gasteiger charge is -2.25. The summed E-state index contributed by atoms with van der Waals surface area (Å²) in [6.45, 7) is 7.30. The van der Waals surface area contributed by atoms with E-state index in [9.17, 15) is 0 Å². The Morgan fingerprint density at radius 3 is 2.52 bits per heavy atom. The van der Waals surface area contributed by atoms with Gasteiger partial charge in [0.15, 0.2) is 5.96 Å². The lowest BCUT2D eigenvalue weighted by atomic mass is 10.1. The third kappa shape index (κ3) is 5.86. The van der Waals surface area contributed by atoms with Crippen molar-refractivity contribution in [1.29, 1.82) is 0 Å². The minimum Gasteiger partial charge on any atom is -0.497 e. The van der Waals surface area contributed by atoms with Crippen LogP contribution in [0.2, 0.25) is 0 Å². The van der Waals surface area contributed by atoms with Crippen molar-refractivity contribution in [2.75, 3.05) is 34.1 Å². The van der Waals surface area contributed by atoms with Crippen LogP contribution >= 0.6 is 11.8 Å². The zero-order chi connectivity index (χ0) is 17.5. The zero-order valence-electron chi connectivity index (χ0n) is 15.2. The molecule has 0 bridgehead atoms. The van der Waals surface area contributed by atoms with Crippen LogP contribution < -0.4 is 20.1 Å². The summed E-state index contributed by atoms with van der Waals surface area (Å²) in [5.41, 5.74) is 1.03. The van der Waals surface area contributed by atoms with Crippen molar-refractivity contribution in [2.45, 2.75) is 31.6 Å². The van der Waals surface area contributed by atoms with Gasteiger partial charge in [-0.2, -0.15) is 11.8 Å². The van der Waals surface area contributed by atoms with Gasteiger partial charge >= 0.3 is 0 Å². The van der Waals surface area contributed by atoms with Crippen LogP contribution in [0, 0.1) is 0 Å². The van der Waals surface area contributed by atoms with E-state index >= 15 is 0 Å². The number of thioether (sulfide) groups is 1. The second kappa shape index (κ2) is 8.91. The number of nitrogens with zero attached hydrogens (tertiary/aromatic N) is 1. The van der Waals surface area contributed by atoms with Crippen LogP contribution in [0.1, 0.15) is 32.4 Å². The summed E-state index contributed by atoms with van der Waals surface area (Å²) < 4.78 is 10.9. The predicted octanol–water partition coefficient (Wildman–Crippen LogP) is 3.07. The van der Waals surface area contributed by atoms with E-state index in [4.69, 9.17) is 9.47 Å². The Balaban J connectivity index is 2.82. The average Bonchev–Trinajstić information content (AvgIpc) is 2.57. The van der Waals surface area contributed by atoms with Crippen LogP contribution in [0.25, 0.3) is 0 Å². The lowest BCUT2D eigenvalue weighted by molar-refractivity contribution is 0.394. The van der Waals surface area contributed by atoms with Crippen molar-refractivity contribution in [3.63, 3.8) is 0 Å². The van der Waals surface area contributed by atoms with Gasteiger partial charge in [0.25, 0.3) is 0 Å². The maximum atomic E-state index is 5.45. The van der Waals surface area contributed by atoms with Gasteiger partial charge in [0.05, 0.1) is 20.3 Å². The number of nitrogens with one attached hydrogen (secondary N) is 2.